The first-order valence-corrected chi connectivity index (χ1v) is 5.25. The zero-order valence-electron chi connectivity index (χ0n) is 6.80. The Labute approximate surface area is 94.5 Å². The molecule has 0 spiro atoms. The summed E-state index contributed by atoms with van der Waals surface area (Å²) in [6, 6.07) is 0. The van der Waals surface area contributed by atoms with Gasteiger partial charge in [-0.3, -0.25) is 4.55 Å². The van der Waals surface area contributed by atoms with Crippen LogP contribution in [-0.4, -0.2) is 27.5 Å². The Balaban J connectivity index is -0.000000142. The summed E-state index contributed by atoms with van der Waals surface area (Å²) in [5.74, 6) is 0.167. The average molecular weight is 226 g/mol. The first-order chi connectivity index (χ1) is 4.68. The van der Waals surface area contributed by atoms with Crippen molar-refractivity contribution in [3.05, 3.63) is 0 Å². The molecule has 0 aromatic carbocycles. The molecule has 0 radical (unpaired) electrons. The maximum Gasteiger partial charge on any atom is 1.00 e. The van der Waals surface area contributed by atoms with Gasteiger partial charge in [0.2, 0.25) is 9.15 Å². The molecule has 0 aliphatic heterocycles. The summed E-state index contributed by atoms with van der Waals surface area (Å²) in [5, 5.41) is 0. The molecule has 0 aliphatic carbocycles. The van der Waals surface area contributed by atoms with E-state index in [2.05, 4.69) is 0 Å². The van der Waals surface area contributed by atoms with Gasteiger partial charge < -0.3 is 9.35 Å². The van der Waals surface area contributed by atoms with Crippen molar-refractivity contribution in [3.63, 3.8) is 0 Å². The van der Waals surface area contributed by atoms with Crippen molar-refractivity contribution in [3.8, 4) is 0 Å². The van der Waals surface area contributed by atoms with Gasteiger partial charge in [-0.25, -0.2) is 12.6 Å². The third kappa shape index (κ3) is 22.4. The molecule has 0 fully saturated rings. The molecule has 0 rings (SSSR count). The fourth-order valence-electron chi connectivity index (χ4n) is 0. The van der Waals surface area contributed by atoms with Gasteiger partial charge in [0.05, 0.1) is 0 Å². The van der Waals surface area contributed by atoms with Crippen LogP contribution < -0.4 is 29.6 Å². The standard InChI is InChI=1S/C3H6O.Na.H2O5S2/c1-3(2)4;;1-6(2)7(3,4)5/h1-2H3;;(H,1,2)(H,3,4,5)/q;+1;/p-1. The third-order valence-corrected chi connectivity index (χ3v) is 1.57. The van der Waals surface area contributed by atoms with E-state index in [0.29, 0.717) is 0 Å². The number of carbonyl (C=O) groups excluding carboxylic acids is 1. The normalized spacial score (nSPS) is 11.7. The molecule has 0 aliphatic rings. The van der Waals surface area contributed by atoms with Crippen molar-refractivity contribution < 1.29 is 56.1 Å². The molecule has 0 bridgehead atoms. The van der Waals surface area contributed by atoms with Gasteiger partial charge in [-0.05, 0) is 13.8 Å². The van der Waals surface area contributed by atoms with Crippen molar-refractivity contribution in [2.75, 3.05) is 0 Å². The van der Waals surface area contributed by atoms with Crippen molar-refractivity contribution in [2.45, 2.75) is 13.8 Å². The molecule has 68 valence electrons. The second-order valence-electron chi connectivity index (χ2n) is 1.53. The summed E-state index contributed by atoms with van der Waals surface area (Å²) < 4.78 is 44.4. The fraction of sp³-hybridized carbons (Fsp3) is 0.667. The van der Waals surface area contributed by atoms with E-state index in [1.165, 1.54) is 13.8 Å². The molecule has 0 aromatic heterocycles. The molecule has 0 amide bonds. The van der Waals surface area contributed by atoms with Crippen molar-refractivity contribution in [1.82, 2.24) is 0 Å². The molecular weight excluding hydrogens is 219 g/mol. The molecule has 0 heterocycles. The first-order valence-electron chi connectivity index (χ1n) is 2.22. The molecule has 0 saturated heterocycles. The van der Waals surface area contributed by atoms with E-state index >= 15 is 0 Å². The van der Waals surface area contributed by atoms with E-state index in [0.717, 1.165) is 0 Å². The van der Waals surface area contributed by atoms with Crippen LogP contribution >= 0.6 is 0 Å². The molecule has 12 heavy (non-hydrogen) atoms. The number of Topliss-reactive ketones (excluding diaryl/α,β-unsaturated/α-hetero) is 1. The first kappa shape index (κ1) is 18.5. The summed E-state index contributed by atoms with van der Waals surface area (Å²) in [6.45, 7) is 3.06. The van der Waals surface area contributed by atoms with E-state index in [1.54, 1.807) is 0 Å². The second-order valence-corrected chi connectivity index (χ2v) is 4.86. The number of hydrogen-bond donors (Lipinski definition) is 1. The van der Waals surface area contributed by atoms with Crippen LogP contribution in [0.3, 0.4) is 0 Å². The van der Waals surface area contributed by atoms with Gasteiger partial charge in [-0.1, -0.05) is 0 Å². The molecule has 9 heteroatoms. The van der Waals surface area contributed by atoms with Crippen molar-refractivity contribution in [1.29, 1.82) is 0 Å². The maximum absolute atomic E-state index is 9.44. The zero-order chi connectivity index (χ0) is 9.65. The van der Waals surface area contributed by atoms with Gasteiger partial charge in [-0.2, -0.15) is 0 Å². The summed E-state index contributed by atoms with van der Waals surface area (Å²) >= 11 is 0. The van der Waals surface area contributed by atoms with Crippen LogP contribution in [0.25, 0.3) is 0 Å². The predicted octanol–water partition coefficient (Wildman–Crippen LogP) is -3.73. The predicted molar refractivity (Wildman–Crippen MR) is 36.8 cm³/mol. The van der Waals surface area contributed by atoms with Crippen LogP contribution in [0.1, 0.15) is 13.8 Å². The average Bonchev–Trinajstić information content (AvgIpc) is 1.59. The third-order valence-electron chi connectivity index (χ3n) is 0.175. The van der Waals surface area contributed by atoms with Crippen molar-refractivity contribution in [2.24, 2.45) is 0 Å². The Hall–Kier alpha value is 0.690. The fourth-order valence-corrected chi connectivity index (χ4v) is 0. The molecule has 1 N–H and O–H groups in total. The van der Waals surface area contributed by atoms with Crippen LogP contribution in [0, 0.1) is 0 Å². The van der Waals surface area contributed by atoms with Crippen LogP contribution in [-0.2, 0) is 24.1 Å². The topological polar surface area (TPSA) is 112 Å². The van der Waals surface area contributed by atoms with Gasteiger partial charge in [0.25, 0.3) is 10.1 Å². The van der Waals surface area contributed by atoms with Crippen LogP contribution in [0.2, 0.25) is 0 Å². The Morgan fingerprint density at radius 3 is 1.50 bits per heavy atom. The monoisotopic (exact) mass is 226 g/mol. The van der Waals surface area contributed by atoms with E-state index in [9.17, 15) is 22.0 Å². The van der Waals surface area contributed by atoms with Gasteiger partial charge in [0.1, 0.15) is 5.78 Å². The summed E-state index contributed by atoms with van der Waals surface area (Å²) in [4.78, 5) is 9.44. The number of rotatable bonds is 1. The zero-order valence-corrected chi connectivity index (χ0v) is 10.4. The smallest absolute Gasteiger partial charge is 0.736 e. The molecular formula is C3H7NaO6S2. The number of ketones is 1. The Morgan fingerprint density at radius 1 is 1.42 bits per heavy atom. The second kappa shape index (κ2) is 8.30. The minimum atomic E-state index is -4.96. The number of hydrogen-bond acceptors (Lipinski definition) is 5. The Bertz CT molecular complexity index is 240. The summed E-state index contributed by atoms with van der Waals surface area (Å²) in [7, 11) is -8.23. The van der Waals surface area contributed by atoms with Crippen LogP contribution in [0.15, 0.2) is 0 Å². The molecule has 0 aromatic rings. The van der Waals surface area contributed by atoms with E-state index in [4.69, 9.17) is 4.55 Å². The van der Waals surface area contributed by atoms with Crippen LogP contribution in [0.5, 0.6) is 0 Å². The summed E-state index contributed by atoms with van der Waals surface area (Å²) in [6.07, 6.45) is 0. The molecule has 6 nitrogen and oxygen atoms in total. The molecule has 1 unspecified atom stereocenters. The van der Waals surface area contributed by atoms with E-state index in [-0.39, 0.29) is 35.3 Å². The van der Waals surface area contributed by atoms with Gasteiger partial charge in [-0.15, -0.1) is 0 Å². The largest absolute Gasteiger partial charge is 1.00 e. The van der Waals surface area contributed by atoms with E-state index < -0.39 is 19.3 Å². The molecule has 1 atom stereocenters. The quantitative estimate of drug-likeness (QED) is 0.213. The van der Waals surface area contributed by atoms with Crippen molar-refractivity contribution >= 4 is 25.0 Å². The maximum atomic E-state index is 9.44. The van der Waals surface area contributed by atoms with Gasteiger partial charge in [0.15, 0.2) is 0 Å². The summed E-state index contributed by atoms with van der Waals surface area (Å²) in [5.41, 5.74) is 0. The van der Waals surface area contributed by atoms with Gasteiger partial charge >= 0.3 is 29.6 Å². The number of carbonyl (C=O) groups is 1. The van der Waals surface area contributed by atoms with Crippen LogP contribution in [0.4, 0.5) is 0 Å². The SMILES string of the molecule is CC(C)=O.O=S(O)S(=O)(=O)[O-].[Na+]. The molecule has 0 saturated carbocycles. The van der Waals surface area contributed by atoms with E-state index in [1.807, 2.05) is 0 Å². The minimum Gasteiger partial charge on any atom is -0.736 e. The Morgan fingerprint density at radius 2 is 1.50 bits per heavy atom. The minimum absolute atomic E-state index is 0. The van der Waals surface area contributed by atoms with Gasteiger partial charge in [0, 0.05) is 0 Å². The Kier molecular flexibility index (Phi) is 12.8.